The molecule has 0 fully saturated rings. The number of carbonyl (C=O) groups excluding carboxylic acids is 1. The molecule has 0 aliphatic heterocycles. The quantitative estimate of drug-likeness (QED) is 0.520. The number of nitrogens with zero attached hydrogens (tertiary/aromatic N) is 1. The van der Waals surface area contributed by atoms with Crippen molar-refractivity contribution in [3.05, 3.63) is 0 Å². The van der Waals surface area contributed by atoms with E-state index in [2.05, 4.69) is 19.4 Å². The van der Waals surface area contributed by atoms with Crippen LogP contribution in [-0.2, 0) is 9.59 Å². The van der Waals surface area contributed by atoms with Crippen LogP contribution in [0.2, 0.25) is 0 Å². The molecule has 0 bridgehead atoms. The second-order valence-corrected chi connectivity index (χ2v) is 6.74. The molecule has 0 aliphatic carbocycles. The number of nitrogens with one attached hydrogen (secondary N) is 1. The molecular weight excluding hydrogens is 244 g/mol. The van der Waals surface area contributed by atoms with Gasteiger partial charge in [0.05, 0.1) is 33.6 Å². The standard InChI is InChI=1S/C14H28N2O3/c1-14(2,3)13(19)15-9-7-11-16(4,5)10-6-8-12(17)18/h6-11H2,1-5H3,(H-,15,17,18,19)/p+1. The van der Waals surface area contributed by atoms with E-state index < -0.39 is 5.97 Å². The molecule has 0 unspecified atom stereocenters. The summed E-state index contributed by atoms with van der Waals surface area (Å²) in [5.41, 5.74) is -0.341. The first kappa shape index (κ1) is 17.9. The summed E-state index contributed by atoms with van der Waals surface area (Å²) in [4.78, 5) is 22.1. The van der Waals surface area contributed by atoms with Crippen molar-refractivity contribution < 1.29 is 19.2 Å². The van der Waals surface area contributed by atoms with E-state index in [1.807, 2.05) is 20.8 Å². The smallest absolute Gasteiger partial charge is 0.303 e. The fourth-order valence-corrected chi connectivity index (χ4v) is 1.74. The average Bonchev–Trinajstić information content (AvgIpc) is 2.21. The zero-order valence-corrected chi connectivity index (χ0v) is 13.0. The number of aliphatic carboxylic acids is 1. The Morgan fingerprint density at radius 3 is 2.11 bits per heavy atom. The molecule has 0 atom stereocenters. The summed E-state index contributed by atoms with van der Waals surface area (Å²) in [5, 5.41) is 11.5. The van der Waals surface area contributed by atoms with Crippen LogP contribution in [0.4, 0.5) is 0 Å². The number of rotatable bonds is 8. The molecule has 0 aliphatic rings. The molecule has 5 nitrogen and oxygen atoms in total. The Kier molecular flexibility index (Phi) is 7.05. The van der Waals surface area contributed by atoms with Crippen LogP contribution >= 0.6 is 0 Å². The predicted octanol–water partition coefficient (Wildman–Crippen LogP) is 1.48. The van der Waals surface area contributed by atoms with Gasteiger partial charge in [0.15, 0.2) is 0 Å². The van der Waals surface area contributed by atoms with Gasteiger partial charge in [0.25, 0.3) is 0 Å². The van der Waals surface area contributed by atoms with Gasteiger partial charge in [-0.2, -0.15) is 0 Å². The molecule has 112 valence electrons. The molecule has 19 heavy (non-hydrogen) atoms. The van der Waals surface area contributed by atoms with Crippen LogP contribution in [0.5, 0.6) is 0 Å². The minimum Gasteiger partial charge on any atom is -0.481 e. The molecule has 1 amide bonds. The van der Waals surface area contributed by atoms with Crippen LogP contribution in [0.25, 0.3) is 0 Å². The zero-order valence-electron chi connectivity index (χ0n) is 13.0. The average molecular weight is 273 g/mol. The van der Waals surface area contributed by atoms with Gasteiger partial charge in [-0.3, -0.25) is 9.59 Å². The number of carbonyl (C=O) groups is 2. The molecule has 0 spiro atoms. The molecule has 2 N–H and O–H groups in total. The van der Waals surface area contributed by atoms with E-state index in [9.17, 15) is 9.59 Å². The van der Waals surface area contributed by atoms with Crippen molar-refractivity contribution in [1.29, 1.82) is 0 Å². The first-order valence-corrected chi connectivity index (χ1v) is 6.87. The summed E-state index contributed by atoms with van der Waals surface area (Å²) in [7, 11) is 4.18. The third kappa shape index (κ3) is 9.47. The third-order valence-corrected chi connectivity index (χ3v) is 3.06. The largest absolute Gasteiger partial charge is 0.481 e. The van der Waals surface area contributed by atoms with E-state index in [1.54, 1.807) is 0 Å². The maximum Gasteiger partial charge on any atom is 0.303 e. The van der Waals surface area contributed by atoms with E-state index in [-0.39, 0.29) is 17.7 Å². The summed E-state index contributed by atoms with van der Waals surface area (Å²) < 4.78 is 0.790. The van der Waals surface area contributed by atoms with Gasteiger partial charge in [-0.1, -0.05) is 20.8 Å². The van der Waals surface area contributed by atoms with Gasteiger partial charge < -0.3 is 14.9 Å². The summed E-state index contributed by atoms with van der Waals surface area (Å²) in [6.07, 6.45) is 1.82. The lowest BCUT2D eigenvalue weighted by molar-refractivity contribution is -0.890. The van der Waals surface area contributed by atoms with Crippen molar-refractivity contribution in [3.63, 3.8) is 0 Å². The van der Waals surface area contributed by atoms with E-state index in [4.69, 9.17) is 5.11 Å². The van der Waals surface area contributed by atoms with E-state index in [0.29, 0.717) is 13.0 Å². The van der Waals surface area contributed by atoms with Crippen LogP contribution < -0.4 is 5.32 Å². The summed E-state index contributed by atoms with van der Waals surface area (Å²) in [6.45, 7) is 8.15. The normalized spacial score (nSPS) is 12.3. The molecular formula is C14H29N2O3+. The van der Waals surface area contributed by atoms with Gasteiger partial charge in [-0.15, -0.1) is 0 Å². The second kappa shape index (κ2) is 7.48. The Morgan fingerprint density at radius 2 is 1.63 bits per heavy atom. The maximum absolute atomic E-state index is 11.7. The Bertz CT molecular complexity index is 306. The highest BCUT2D eigenvalue weighted by Crippen LogP contribution is 2.12. The third-order valence-electron chi connectivity index (χ3n) is 3.06. The molecule has 0 radical (unpaired) electrons. The Morgan fingerprint density at radius 1 is 1.11 bits per heavy atom. The molecule has 0 aromatic heterocycles. The lowest BCUT2D eigenvalue weighted by Gasteiger charge is -2.30. The van der Waals surface area contributed by atoms with Gasteiger partial charge in [-0.25, -0.2) is 0 Å². The second-order valence-electron chi connectivity index (χ2n) is 6.74. The molecule has 0 saturated heterocycles. The van der Waals surface area contributed by atoms with Crippen LogP contribution in [0, 0.1) is 5.41 Å². The minimum absolute atomic E-state index is 0.0729. The maximum atomic E-state index is 11.7. The lowest BCUT2D eigenvalue weighted by Crippen LogP contribution is -2.43. The van der Waals surface area contributed by atoms with E-state index >= 15 is 0 Å². The topological polar surface area (TPSA) is 66.4 Å². The number of hydrogen-bond donors (Lipinski definition) is 2. The van der Waals surface area contributed by atoms with Gasteiger partial charge >= 0.3 is 5.97 Å². The predicted molar refractivity (Wildman–Crippen MR) is 75.8 cm³/mol. The molecule has 5 heteroatoms. The lowest BCUT2D eigenvalue weighted by atomic mass is 9.96. The van der Waals surface area contributed by atoms with Crippen LogP contribution in [0.3, 0.4) is 0 Å². The van der Waals surface area contributed by atoms with Gasteiger partial charge in [-0.05, 0) is 0 Å². The van der Waals surface area contributed by atoms with Crippen molar-refractivity contribution in [2.75, 3.05) is 33.7 Å². The van der Waals surface area contributed by atoms with Crippen LogP contribution in [-0.4, -0.2) is 55.2 Å². The fourth-order valence-electron chi connectivity index (χ4n) is 1.74. The molecule has 0 rings (SSSR count). The summed E-state index contributed by atoms with van der Waals surface area (Å²) >= 11 is 0. The van der Waals surface area contributed by atoms with Crippen molar-refractivity contribution >= 4 is 11.9 Å². The summed E-state index contributed by atoms with van der Waals surface area (Å²) in [5.74, 6) is -0.666. The van der Waals surface area contributed by atoms with Crippen molar-refractivity contribution in [2.24, 2.45) is 5.41 Å². The SMILES string of the molecule is CC(C)(C)C(=O)NCCC[N+](C)(C)CCCC(=O)O. The van der Waals surface area contributed by atoms with E-state index in [1.165, 1.54) is 0 Å². The number of hydrogen-bond acceptors (Lipinski definition) is 2. The monoisotopic (exact) mass is 273 g/mol. The van der Waals surface area contributed by atoms with Crippen LogP contribution in [0.15, 0.2) is 0 Å². The number of carboxylic acids is 1. The van der Waals surface area contributed by atoms with E-state index in [0.717, 1.165) is 24.0 Å². The first-order valence-electron chi connectivity index (χ1n) is 6.87. The number of carboxylic acid groups (broad SMARTS) is 1. The van der Waals surface area contributed by atoms with Crippen LogP contribution in [0.1, 0.15) is 40.0 Å². The zero-order chi connectivity index (χ0) is 15.1. The Balaban J connectivity index is 3.80. The molecule has 0 saturated carbocycles. The molecule has 0 aromatic rings. The fraction of sp³-hybridized carbons (Fsp3) is 0.857. The van der Waals surface area contributed by atoms with Crippen molar-refractivity contribution in [3.8, 4) is 0 Å². The highest BCUT2D eigenvalue weighted by molar-refractivity contribution is 5.81. The Labute approximate surface area is 116 Å². The minimum atomic E-state index is -0.738. The van der Waals surface area contributed by atoms with Gasteiger partial charge in [0, 0.05) is 24.8 Å². The molecule has 0 aromatic carbocycles. The first-order chi connectivity index (χ1) is 8.54. The van der Waals surface area contributed by atoms with Gasteiger partial charge in [0.1, 0.15) is 0 Å². The van der Waals surface area contributed by atoms with Crippen molar-refractivity contribution in [1.82, 2.24) is 5.32 Å². The Hall–Kier alpha value is -1.10. The number of quaternary nitrogens is 1. The highest BCUT2D eigenvalue weighted by Gasteiger charge is 2.21. The highest BCUT2D eigenvalue weighted by atomic mass is 16.4. The summed E-state index contributed by atoms with van der Waals surface area (Å²) in [6, 6.07) is 0. The van der Waals surface area contributed by atoms with Gasteiger partial charge in [0.2, 0.25) is 5.91 Å². The molecule has 0 heterocycles. The number of amides is 1. The van der Waals surface area contributed by atoms with Crippen molar-refractivity contribution in [2.45, 2.75) is 40.0 Å².